The van der Waals surface area contributed by atoms with Crippen molar-refractivity contribution in [3.05, 3.63) is 46.4 Å². The molecule has 0 saturated heterocycles. The number of carbonyl (C=O) groups excluding carboxylic acids is 1. The summed E-state index contributed by atoms with van der Waals surface area (Å²) in [7, 11) is 0. The highest BCUT2D eigenvalue weighted by Crippen LogP contribution is 2.23. The molecule has 2 nitrogen and oxygen atoms in total. The van der Waals surface area contributed by atoms with Crippen LogP contribution in [-0.4, -0.2) is 10.9 Å². The molecule has 2 heterocycles. The zero-order valence-corrected chi connectivity index (χ0v) is 8.70. The van der Waals surface area contributed by atoms with E-state index in [0.29, 0.717) is 0 Å². The minimum Gasteiger partial charge on any atom is -0.337 e. The van der Waals surface area contributed by atoms with E-state index in [1.54, 1.807) is 11.3 Å². The first kappa shape index (κ1) is 9.21. The molecule has 2 aromatic heterocycles. The molecule has 72 valence electrons. The van der Waals surface area contributed by atoms with Gasteiger partial charge in [-0.2, -0.15) is 0 Å². The third kappa shape index (κ3) is 1.51. The van der Waals surface area contributed by atoms with Gasteiger partial charge in [0, 0.05) is 11.1 Å². The number of thiophene rings is 1. The van der Waals surface area contributed by atoms with Crippen molar-refractivity contribution >= 4 is 17.6 Å². The van der Waals surface area contributed by atoms with Gasteiger partial charge in [0.2, 0.25) is 0 Å². The lowest BCUT2D eigenvalue weighted by atomic mass is 10.2. The Kier molecular flexibility index (Phi) is 2.50. The molecule has 3 heteroatoms. The van der Waals surface area contributed by atoms with Crippen LogP contribution in [0.4, 0.5) is 0 Å². The normalized spacial score (nSPS) is 12.6. The molecule has 0 aromatic carbocycles. The molecule has 0 spiro atoms. The van der Waals surface area contributed by atoms with Crippen molar-refractivity contribution in [2.24, 2.45) is 0 Å². The number of carbonyl (C=O) groups is 1. The van der Waals surface area contributed by atoms with E-state index in [-0.39, 0.29) is 6.04 Å². The second kappa shape index (κ2) is 3.80. The fourth-order valence-electron chi connectivity index (χ4n) is 1.53. The van der Waals surface area contributed by atoms with Crippen LogP contribution in [0.25, 0.3) is 0 Å². The number of hydrogen-bond acceptors (Lipinski definition) is 2. The number of hydrogen-bond donors (Lipinski definition) is 0. The molecule has 0 unspecified atom stereocenters. The second-order valence-electron chi connectivity index (χ2n) is 3.15. The smallest absolute Gasteiger partial charge is 0.166 e. The van der Waals surface area contributed by atoms with Crippen LogP contribution in [-0.2, 0) is 0 Å². The van der Waals surface area contributed by atoms with Crippen molar-refractivity contribution in [3.63, 3.8) is 0 Å². The maximum atomic E-state index is 10.7. The van der Waals surface area contributed by atoms with Crippen molar-refractivity contribution in [2.45, 2.75) is 13.0 Å². The average Bonchev–Trinajstić information content (AvgIpc) is 2.87. The third-order valence-corrected chi connectivity index (χ3v) is 3.35. The standard InChI is InChI=1S/C11H11NOS/c1-9(11-5-3-7-14-11)12-6-2-4-10(12)8-13/h2-9H,1H3/t9-/m1/s1. The van der Waals surface area contributed by atoms with Crippen LogP contribution >= 0.6 is 11.3 Å². The van der Waals surface area contributed by atoms with Gasteiger partial charge >= 0.3 is 0 Å². The van der Waals surface area contributed by atoms with Crippen LogP contribution < -0.4 is 0 Å². The van der Waals surface area contributed by atoms with Crippen LogP contribution in [0, 0.1) is 0 Å². The molecule has 0 radical (unpaired) electrons. The number of rotatable bonds is 3. The van der Waals surface area contributed by atoms with Crippen LogP contribution in [0.15, 0.2) is 35.8 Å². The number of aldehydes is 1. The van der Waals surface area contributed by atoms with Gasteiger partial charge in [0.1, 0.15) is 0 Å². The Hall–Kier alpha value is -1.35. The topological polar surface area (TPSA) is 22.0 Å². The first-order valence-corrected chi connectivity index (χ1v) is 5.36. The minimum atomic E-state index is 0.241. The quantitative estimate of drug-likeness (QED) is 0.706. The molecular weight excluding hydrogens is 194 g/mol. The van der Waals surface area contributed by atoms with Gasteiger partial charge in [-0.3, -0.25) is 4.79 Å². The van der Waals surface area contributed by atoms with Crippen molar-refractivity contribution in [1.29, 1.82) is 0 Å². The minimum absolute atomic E-state index is 0.241. The van der Waals surface area contributed by atoms with Gasteiger partial charge in [0.05, 0.1) is 11.7 Å². The van der Waals surface area contributed by atoms with Gasteiger partial charge in [-0.25, -0.2) is 0 Å². The summed E-state index contributed by atoms with van der Waals surface area (Å²) in [5.41, 5.74) is 0.728. The van der Waals surface area contributed by atoms with Crippen molar-refractivity contribution in [2.75, 3.05) is 0 Å². The number of aromatic nitrogens is 1. The van der Waals surface area contributed by atoms with E-state index in [1.807, 2.05) is 29.0 Å². The van der Waals surface area contributed by atoms with Gasteiger partial charge in [-0.15, -0.1) is 11.3 Å². The van der Waals surface area contributed by atoms with E-state index in [9.17, 15) is 4.79 Å². The third-order valence-electron chi connectivity index (χ3n) is 2.30. The van der Waals surface area contributed by atoms with E-state index in [0.717, 1.165) is 12.0 Å². The Bertz CT molecular complexity index is 416. The maximum Gasteiger partial charge on any atom is 0.166 e. The van der Waals surface area contributed by atoms with Crippen LogP contribution in [0.3, 0.4) is 0 Å². The average molecular weight is 205 g/mol. The lowest BCUT2D eigenvalue weighted by molar-refractivity contribution is 0.111. The summed E-state index contributed by atoms with van der Waals surface area (Å²) >= 11 is 1.71. The summed E-state index contributed by atoms with van der Waals surface area (Å²) in [5.74, 6) is 0. The molecule has 14 heavy (non-hydrogen) atoms. The Balaban J connectivity index is 2.36. The van der Waals surface area contributed by atoms with E-state index in [4.69, 9.17) is 0 Å². The highest BCUT2D eigenvalue weighted by atomic mass is 32.1. The maximum absolute atomic E-state index is 10.7. The predicted octanol–water partition coefficient (Wildman–Crippen LogP) is 2.97. The molecule has 0 N–H and O–H groups in total. The van der Waals surface area contributed by atoms with Crippen LogP contribution in [0.5, 0.6) is 0 Å². The molecule has 1 atom stereocenters. The highest BCUT2D eigenvalue weighted by Gasteiger charge is 2.10. The van der Waals surface area contributed by atoms with E-state index in [1.165, 1.54) is 4.88 Å². The summed E-state index contributed by atoms with van der Waals surface area (Å²) in [5, 5.41) is 2.05. The van der Waals surface area contributed by atoms with Gasteiger partial charge in [-0.05, 0) is 30.5 Å². The molecule has 0 aliphatic heterocycles. The monoisotopic (exact) mass is 205 g/mol. The van der Waals surface area contributed by atoms with Gasteiger partial charge in [-0.1, -0.05) is 6.07 Å². The summed E-state index contributed by atoms with van der Waals surface area (Å²) in [6, 6.07) is 8.08. The lowest BCUT2D eigenvalue weighted by Crippen LogP contribution is -2.06. The molecule has 2 rings (SSSR count). The Morgan fingerprint density at radius 3 is 2.93 bits per heavy atom. The molecule has 0 aliphatic carbocycles. The Labute approximate surface area is 86.8 Å². The lowest BCUT2D eigenvalue weighted by Gasteiger charge is -2.13. The molecule has 0 aliphatic rings. The summed E-state index contributed by atoms with van der Waals surface area (Å²) in [4.78, 5) is 12.0. The van der Waals surface area contributed by atoms with Crippen molar-refractivity contribution < 1.29 is 4.79 Å². The molecule has 0 fully saturated rings. The fraction of sp³-hybridized carbons (Fsp3) is 0.182. The predicted molar refractivity (Wildman–Crippen MR) is 58.0 cm³/mol. The molecule has 0 amide bonds. The van der Waals surface area contributed by atoms with Gasteiger partial charge < -0.3 is 4.57 Å². The molecule has 0 saturated carbocycles. The van der Waals surface area contributed by atoms with Gasteiger partial charge in [0.15, 0.2) is 6.29 Å². The fourth-order valence-corrected chi connectivity index (χ4v) is 2.31. The summed E-state index contributed by atoms with van der Waals surface area (Å²) < 4.78 is 1.98. The zero-order chi connectivity index (χ0) is 9.97. The number of nitrogens with zero attached hydrogens (tertiary/aromatic N) is 1. The first-order chi connectivity index (χ1) is 6.83. The largest absolute Gasteiger partial charge is 0.337 e. The molecule has 2 aromatic rings. The summed E-state index contributed by atoms with van der Waals surface area (Å²) in [6.45, 7) is 2.10. The first-order valence-electron chi connectivity index (χ1n) is 4.48. The van der Waals surface area contributed by atoms with Crippen LogP contribution in [0.1, 0.15) is 28.3 Å². The Morgan fingerprint density at radius 1 is 1.43 bits per heavy atom. The zero-order valence-electron chi connectivity index (χ0n) is 7.88. The second-order valence-corrected chi connectivity index (χ2v) is 4.13. The van der Waals surface area contributed by atoms with Crippen LogP contribution in [0.2, 0.25) is 0 Å². The molecular formula is C11H11NOS. The molecule has 0 bridgehead atoms. The van der Waals surface area contributed by atoms with Gasteiger partial charge in [0.25, 0.3) is 0 Å². The van der Waals surface area contributed by atoms with Crippen molar-refractivity contribution in [3.8, 4) is 0 Å². The summed E-state index contributed by atoms with van der Waals surface area (Å²) in [6.07, 6.45) is 2.83. The van der Waals surface area contributed by atoms with E-state index in [2.05, 4.69) is 18.4 Å². The van der Waals surface area contributed by atoms with Crippen molar-refractivity contribution in [1.82, 2.24) is 4.57 Å². The Morgan fingerprint density at radius 2 is 2.29 bits per heavy atom. The highest BCUT2D eigenvalue weighted by molar-refractivity contribution is 7.10. The van der Waals surface area contributed by atoms with E-state index >= 15 is 0 Å². The SMILES string of the molecule is C[C@H](c1cccs1)n1cccc1C=O. The van der Waals surface area contributed by atoms with E-state index < -0.39 is 0 Å².